The summed E-state index contributed by atoms with van der Waals surface area (Å²) in [6, 6.07) is 79.8. The molecule has 0 radical (unpaired) electrons. The Morgan fingerprint density at radius 1 is 0.477 bits per heavy atom. The predicted molar refractivity (Wildman–Crippen MR) is 343 cm³/mol. The molecule has 0 fully saturated rings. The summed E-state index contributed by atoms with van der Waals surface area (Å²) in [7, 11) is 0. The minimum absolute atomic E-state index is 0.0728. The van der Waals surface area contributed by atoms with Crippen LogP contribution in [0.3, 0.4) is 0 Å². The number of hydrogen-bond acceptors (Lipinski definition) is 3. The average Bonchev–Trinajstić information content (AvgIpc) is 1.20. The Morgan fingerprint density at radius 3 is 1.93 bits per heavy atom. The van der Waals surface area contributed by atoms with Gasteiger partial charge in [-0.2, -0.15) is 9.13 Å². The van der Waals surface area contributed by atoms with Crippen molar-refractivity contribution in [3.05, 3.63) is 324 Å². The highest BCUT2D eigenvalue weighted by Gasteiger charge is 2.62. The van der Waals surface area contributed by atoms with Crippen molar-refractivity contribution < 1.29 is 13.7 Å². The van der Waals surface area contributed by atoms with Crippen molar-refractivity contribution in [2.75, 3.05) is 4.90 Å². The highest BCUT2D eigenvalue weighted by Crippen LogP contribution is 2.64. The molecule has 10 bridgehead atoms. The van der Waals surface area contributed by atoms with Crippen LogP contribution in [0.25, 0.3) is 95.3 Å². The molecule has 3 aliphatic heterocycles. The number of aromatic nitrogens is 5. The second-order valence-corrected chi connectivity index (χ2v) is 24.4. The minimum Gasteiger partial charge on any atom is -0.310 e. The number of aryl methyl sites for hydroxylation is 2. The summed E-state index contributed by atoms with van der Waals surface area (Å²) in [5.74, 6) is 1.05. The first-order valence-electron chi connectivity index (χ1n) is 30.2. The molecule has 3 atom stereocenters. The van der Waals surface area contributed by atoms with Gasteiger partial charge in [-0.05, 0) is 194 Å². The Hall–Kier alpha value is -10.7. The number of nitrogens with zero attached hydrogens (tertiary/aromatic N) is 6. The molecule has 7 heterocycles. The van der Waals surface area contributed by atoms with Crippen LogP contribution < -0.4 is 18.6 Å². The molecule has 8 aliphatic rings. The normalized spacial score (nSPS) is 22.2. The fourth-order valence-electron chi connectivity index (χ4n) is 16.6. The second kappa shape index (κ2) is 17.4. The Labute approximate surface area is 499 Å². The molecule has 402 valence electrons. The number of allylic oxidation sites excluding steroid dienone is 10. The van der Waals surface area contributed by atoms with Gasteiger partial charge in [0.25, 0.3) is 11.4 Å². The van der Waals surface area contributed by atoms with E-state index in [0.717, 1.165) is 47.0 Å². The number of rotatable bonds is 4. The van der Waals surface area contributed by atoms with Crippen molar-refractivity contribution in [1.82, 2.24) is 9.97 Å². The molecule has 11 aromatic rings. The molecule has 7 aromatic carbocycles. The van der Waals surface area contributed by atoms with Gasteiger partial charge in [0, 0.05) is 71.4 Å². The van der Waals surface area contributed by atoms with Crippen molar-refractivity contribution >= 4 is 50.6 Å². The molecular weight excluding hydrogens is 1040 g/mol. The fraction of sp³-hybridized carbons (Fsp3) is 0.0875. The molecule has 0 amide bonds. The van der Waals surface area contributed by atoms with E-state index in [1.807, 2.05) is 18.5 Å². The van der Waals surface area contributed by atoms with E-state index < -0.39 is 11.0 Å². The van der Waals surface area contributed by atoms with Crippen LogP contribution in [-0.4, -0.2) is 9.97 Å². The molecule has 2 spiro atoms. The summed E-state index contributed by atoms with van der Waals surface area (Å²) in [4.78, 5) is 13.0. The van der Waals surface area contributed by atoms with Crippen LogP contribution in [0.4, 0.5) is 11.4 Å². The van der Waals surface area contributed by atoms with Gasteiger partial charge in [0.05, 0.1) is 39.9 Å². The van der Waals surface area contributed by atoms with Crippen LogP contribution in [-0.2, 0) is 11.0 Å². The highest BCUT2D eigenvalue weighted by atomic mass is 15.2. The van der Waals surface area contributed by atoms with E-state index in [1.54, 1.807) is 0 Å². The summed E-state index contributed by atoms with van der Waals surface area (Å²) in [6.07, 6.45) is 23.2. The molecule has 5 aliphatic carbocycles. The number of benzene rings is 7. The van der Waals surface area contributed by atoms with Crippen molar-refractivity contribution in [1.29, 1.82) is 0 Å². The zero-order chi connectivity index (χ0) is 56.6. The summed E-state index contributed by atoms with van der Waals surface area (Å²) in [5.41, 5.74) is 31.9. The van der Waals surface area contributed by atoms with Gasteiger partial charge in [0.2, 0.25) is 11.4 Å². The van der Waals surface area contributed by atoms with Gasteiger partial charge in [-0.15, -0.1) is 0 Å². The van der Waals surface area contributed by atoms with Gasteiger partial charge in [-0.3, -0.25) is 4.98 Å². The van der Waals surface area contributed by atoms with Crippen molar-refractivity contribution in [3.8, 4) is 56.0 Å². The highest BCUT2D eigenvalue weighted by molar-refractivity contribution is 6.11. The quantitative estimate of drug-likeness (QED) is 0.165. The van der Waals surface area contributed by atoms with E-state index in [4.69, 9.17) is 9.97 Å². The lowest BCUT2D eigenvalue weighted by Crippen LogP contribution is -2.63. The van der Waals surface area contributed by atoms with Crippen molar-refractivity contribution in [3.63, 3.8) is 0 Å². The van der Waals surface area contributed by atoms with E-state index in [-0.39, 0.29) is 5.92 Å². The zero-order valence-electron chi connectivity index (χ0n) is 47.6. The number of anilines is 2. The third-order valence-corrected chi connectivity index (χ3v) is 20.1. The van der Waals surface area contributed by atoms with E-state index in [0.29, 0.717) is 0 Å². The SMILES string of the molecule is Cc1cc2c3cc1-c1ccccc1/C1=C/C4=C\C5(CC6CC(=C(N(c7ccccc7)c7cccc(-c8ccccn8)c7)C=C6c6nccc[n+]65)c5ccccc54)/C4=C\C15/C(=C\3[n+]1ccccc1-2)[n+]1ccccc1-c1cc(C)c(cc15)-c1ccccc14. The first kappa shape index (κ1) is 47.8. The van der Waals surface area contributed by atoms with Crippen LogP contribution in [0.1, 0.15) is 63.2 Å². The lowest BCUT2D eigenvalue weighted by molar-refractivity contribution is -0.747. The van der Waals surface area contributed by atoms with E-state index >= 15 is 0 Å². The number of hydrogen-bond donors (Lipinski definition) is 0. The minimum atomic E-state index is -0.940. The molecule has 4 aromatic heterocycles. The van der Waals surface area contributed by atoms with Crippen LogP contribution in [0, 0.1) is 19.8 Å². The van der Waals surface area contributed by atoms with Crippen molar-refractivity contribution in [2.45, 2.75) is 37.6 Å². The second-order valence-electron chi connectivity index (χ2n) is 24.4. The van der Waals surface area contributed by atoms with Gasteiger partial charge < -0.3 is 4.90 Å². The van der Waals surface area contributed by atoms with E-state index in [2.05, 4.69) is 282 Å². The van der Waals surface area contributed by atoms with E-state index in [9.17, 15) is 0 Å². The molecular formula is C80H55N6+3. The zero-order valence-corrected chi connectivity index (χ0v) is 47.6. The average molecular weight is 1100 g/mol. The third-order valence-electron chi connectivity index (χ3n) is 20.1. The van der Waals surface area contributed by atoms with Gasteiger partial charge in [0.1, 0.15) is 11.6 Å². The largest absolute Gasteiger partial charge is 0.327 e. The van der Waals surface area contributed by atoms with Gasteiger partial charge in [-0.1, -0.05) is 115 Å². The maximum Gasteiger partial charge on any atom is 0.327 e. The lowest BCUT2D eigenvalue weighted by atomic mass is 9.58. The molecule has 6 nitrogen and oxygen atoms in total. The smallest absolute Gasteiger partial charge is 0.310 e. The summed E-state index contributed by atoms with van der Waals surface area (Å²) in [5, 5.41) is 0. The van der Waals surface area contributed by atoms with Gasteiger partial charge in [0.15, 0.2) is 17.9 Å². The maximum absolute atomic E-state index is 5.62. The monoisotopic (exact) mass is 1100 g/mol. The summed E-state index contributed by atoms with van der Waals surface area (Å²) < 4.78 is 7.68. The third kappa shape index (κ3) is 6.32. The summed E-state index contributed by atoms with van der Waals surface area (Å²) in [6.45, 7) is 4.64. The molecule has 6 heteroatoms. The number of para-hydroxylation sites is 1. The first-order chi connectivity index (χ1) is 42.4. The van der Waals surface area contributed by atoms with Crippen LogP contribution >= 0.6 is 0 Å². The Morgan fingerprint density at radius 2 is 1.14 bits per heavy atom. The van der Waals surface area contributed by atoms with Gasteiger partial charge >= 0.3 is 5.82 Å². The number of pyridine rings is 3. The lowest BCUT2D eigenvalue weighted by Gasteiger charge is -2.46. The molecule has 0 saturated heterocycles. The van der Waals surface area contributed by atoms with E-state index in [1.165, 1.54) is 129 Å². The van der Waals surface area contributed by atoms with Crippen molar-refractivity contribution in [2.24, 2.45) is 5.92 Å². The Bertz CT molecular complexity index is 5090. The predicted octanol–water partition coefficient (Wildman–Crippen LogP) is 16.4. The standard InChI is InChI=1S/C80H55N6/c1-49-38-65-67-43-62(49)58-26-8-10-28-60(58)69-42-53-47-79(71-48-80(69)70-44-63(59-27-9-11-29-61(59)71)50(2)39-68(70)74-32-14-17-36-84(74)77(80)76(67)83-35-16-13-31-73(65)83)46-52-41-66(57-25-7-6-24-56(53)57)75(45-64(52)78-82-34-19-37-85(78)79)86(54-21-4-3-5-22-54)55-23-18-20-51(40-55)72-30-12-15-33-81-72/h3-40,42-45,47-48,52H,41,46H2,1-2H3/q+3/b53-47+,69-42-,71-48-,77-76-. The number of fused-ring (bicyclic) bond motifs is 20. The summed E-state index contributed by atoms with van der Waals surface area (Å²) >= 11 is 0. The van der Waals surface area contributed by atoms with Crippen LogP contribution in [0.5, 0.6) is 0 Å². The molecule has 0 saturated carbocycles. The van der Waals surface area contributed by atoms with Crippen LogP contribution in [0.2, 0.25) is 0 Å². The maximum atomic E-state index is 5.62. The fourth-order valence-corrected chi connectivity index (χ4v) is 16.6. The Kier molecular flexibility index (Phi) is 9.69. The first-order valence-corrected chi connectivity index (χ1v) is 30.2. The Balaban J connectivity index is 1.02. The van der Waals surface area contributed by atoms with Crippen LogP contribution in [0.15, 0.2) is 273 Å². The van der Waals surface area contributed by atoms with Gasteiger partial charge in [-0.25, -0.2) is 4.57 Å². The topological polar surface area (TPSA) is 40.7 Å². The molecule has 0 N–H and O–H groups in total. The molecule has 86 heavy (non-hydrogen) atoms. The molecule has 19 rings (SSSR count). The molecule has 3 unspecified atom stereocenters.